The first-order valence-corrected chi connectivity index (χ1v) is 12.8. The monoisotopic (exact) mass is 475 g/mol. The number of esters is 1. The van der Waals surface area contributed by atoms with Crippen molar-refractivity contribution >= 4 is 21.9 Å². The van der Waals surface area contributed by atoms with Crippen LogP contribution >= 0.6 is 0 Å². The first-order valence-electron chi connectivity index (χ1n) is 11.2. The van der Waals surface area contributed by atoms with Gasteiger partial charge in [0.05, 0.1) is 10.5 Å². The lowest BCUT2D eigenvalue weighted by Gasteiger charge is -2.34. The van der Waals surface area contributed by atoms with Crippen molar-refractivity contribution in [2.24, 2.45) is 17.0 Å². The molecule has 3 atom stereocenters. The Bertz CT molecular complexity index is 1120. The first kappa shape index (κ1) is 25.0. The fraction of sp³-hybridized carbons (Fsp3) is 0.500. The number of nitrogens with two attached hydrogens (primary N) is 1. The van der Waals surface area contributed by atoms with Crippen LogP contribution in [0.4, 0.5) is 0 Å². The van der Waals surface area contributed by atoms with Gasteiger partial charge in [-0.2, -0.15) is 0 Å². The Morgan fingerprint density at radius 3 is 2.45 bits per heavy atom. The van der Waals surface area contributed by atoms with Crippen LogP contribution in [0.1, 0.15) is 60.4 Å². The average molecular weight is 476 g/mol. The van der Waals surface area contributed by atoms with Crippen LogP contribution in [0.3, 0.4) is 0 Å². The lowest BCUT2D eigenvalue weighted by molar-refractivity contribution is -0.125. The molecule has 3 rings (SSSR count). The van der Waals surface area contributed by atoms with Crippen LogP contribution in [0.5, 0.6) is 0 Å². The number of ether oxygens (including phenoxy) is 1. The van der Waals surface area contributed by atoms with E-state index in [1.54, 1.807) is 18.2 Å². The van der Waals surface area contributed by atoms with E-state index >= 15 is 0 Å². The number of carbonyl (C=O) groups is 2. The Kier molecular flexibility index (Phi) is 7.64. The highest BCUT2D eigenvalue weighted by atomic mass is 32.2. The number of carbonyl (C=O) groups excluding carboxylic acids is 2. The molecule has 9 heteroatoms. The van der Waals surface area contributed by atoms with Crippen molar-refractivity contribution in [3.05, 3.63) is 52.8 Å². The summed E-state index contributed by atoms with van der Waals surface area (Å²) in [5.74, 6) is 0.140. The Labute approximate surface area is 195 Å². The maximum atomic E-state index is 12.7. The first-order chi connectivity index (χ1) is 15.5. The van der Waals surface area contributed by atoms with Gasteiger partial charge in [0.1, 0.15) is 0 Å². The number of aryl methyl sites for hydroxylation is 1. The fourth-order valence-corrected chi connectivity index (χ4v) is 4.98. The van der Waals surface area contributed by atoms with Gasteiger partial charge in [-0.25, -0.2) is 18.4 Å². The largest absolute Gasteiger partial charge is 0.452 e. The molecule has 1 aliphatic rings. The number of sulfonamides is 1. The molecule has 0 saturated heterocycles. The summed E-state index contributed by atoms with van der Waals surface area (Å²) in [5.41, 5.74) is 2.83. The molecule has 8 nitrogen and oxygen atoms in total. The van der Waals surface area contributed by atoms with Crippen LogP contribution in [0.2, 0.25) is 0 Å². The highest BCUT2D eigenvalue weighted by Crippen LogP contribution is 2.29. The predicted molar refractivity (Wildman–Crippen MR) is 125 cm³/mol. The number of aromatic nitrogens is 1. The van der Waals surface area contributed by atoms with E-state index < -0.39 is 16.0 Å². The number of amides is 1. The molecule has 0 radical (unpaired) electrons. The van der Waals surface area contributed by atoms with Gasteiger partial charge in [0.25, 0.3) is 5.91 Å². The minimum absolute atomic E-state index is 0.0480. The third-order valence-electron chi connectivity index (χ3n) is 6.77. The van der Waals surface area contributed by atoms with Crippen molar-refractivity contribution in [1.29, 1.82) is 0 Å². The summed E-state index contributed by atoms with van der Waals surface area (Å²) in [4.78, 5) is 25.1. The summed E-state index contributed by atoms with van der Waals surface area (Å²) in [5, 5.41) is 8.16. The standard InChI is InChI=1S/C24H33N3O5S/c1-15-6-5-7-22(17(15)3)26-23(28)14-32-24(29)21-12-16(2)27(18(21)4)13-19-8-10-20(11-9-19)33(25,30)31/h8-12,15,17,22H,5-7,13-14H2,1-4H3,(H,26,28)(H2,25,30,31)/t15-,17+,22+/m0/s1. The molecule has 1 heterocycles. The summed E-state index contributed by atoms with van der Waals surface area (Å²) >= 11 is 0. The second-order valence-corrected chi connectivity index (χ2v) is 10.6. The van der Waals surface area contributed by atoms with Gasteiger partial charge in [0.2, 0.25) is 10.0 Å². The summed E-state index contributed by atoms with van der Waals surface area (Å²) in [6, 6.07) is 8.15. The average Bonchev–Trinajstić information content (AvgIpc) is 3.03. The van der Waals surface area contributed by atoms with Gasteiger partial charge in [-0.3, -0.25) is 4.79 Å². The summed E-state index contributed by atoms with van der Waals surface area (Å²) in [6.45, 7) is 8.18. The van der Waals surface area contributed by atoms with Gasteiger partial charge in [0, 0.05) is 24.0 Å². The third-order valence-corrected chi connectivity index (χ3v) is 7.70. The van der Waals surface area contributed by atoms with Gasteiger partial charge >= 0.3 is 5.97 Å². The molecule has 0 spiro atoms. The Balaban J connectivity index is 1.61. The van der Waals surface area contributed by atoms with E-state index in [4.69, 9.17) is 9.88 Å². The van der Waals surface area contributed by atoms with Crippen molar-refractivity contribution < 1.29 is 22.7 Å². The van der Waals surface area contributed by atoms with Crippen molar-refractivity contribution in [3.8, 4) is 0 Å². The highest BCUT2D eigenvalue weighted by molar-refractivity contribution is 7.89. The van der Waals surface area contributed by atoms with Crippen LogP contribution in [0.15, 0.2) is 35.2 Å². The molecule has 1 amide bonds. The maximum absolute atomic E-state index is 12.7. The summed E-state index contributed by atoms with van der Waals surface area (Å²) < 4.78 is 30.1. The zero-order chi connectivity index (χ0) is 24.3. The number of nitrogens with one attached hydrogen (secondary N) is 1. The van der Waals surface area contributed by atoms with E-state index in [0.717, 1.165) is 24.1 Å². The molecular weight excluding hydrogens is 442 g/mol. The van der Waals surface area contributed by atoms with Crippen molar-refractivity contribution in [2.45, 2.75) is 64.4 Å². The molecule has 1 aromatic heterocycles. The smallest absolute Gasteiger partial charge is 0.340 e. The number of benzene rings is 1. The van der Waals surface area contributed by atoms with E-state index in [2.05, 4.69) is 19.2 Å². The SMILES string of the molecule is Cc1cc(C(=O)OCC(=O)N[C@@H]2CCC[C@H](C)[C@H]2C)c(C)n1Cc1ccc(S(N)(=O)=O)cc1. The molecule has 1 aromatic carbocycles. The fourth-order valence-electron chi connectivity index (χ4n) is 4.46. The lowest BCUT2D eigenvalue weighted by atomic mass is 9.78. The normalized spacial score (nSPS) is 20.9. The Hall–Kier alpha value is -2.65. The molecule has 33 heavy (non-hydrogen) atoms. The van der Waals surface area contributed by atoms with E-state index in [1.807, 2.05) is 18.4 Å². The van der Waals surface area contributed by atoms with E-state index in [-0.39, 0.29) is 23.5 Å². The maximum Gasteiger partial charge on any atom is 0.340 e. The molecule has 0 bridgehead atoms. The quantitative estimate of drug-likeness (QED) is 0.597. The number of nitrogens with zero attached hydrogens (tertiary/aromatic N) is 1. The Morgan fingerprint density at radius 2 is 1.82 bits per heavy atom. The summed E-state index contributed by atoms with van der Waals surface area (Å²) in [6.07, 6.45) is 3.21. The molecule has 0 unspecified atom stereocenters. The van der Waals surface area contributed by atoms with E-state index in [9.17, 15) is 18.0 Å². The van der Waals surface area contributed by atoms with Crippen molar-refractivity contribution in [1.82, 2.24) is 9.88 Å². The zero-order valence-electron chi connectivity index (χ0n) is 19.6. The van der Waals surface area contributed by atoms with Crippen LogP contribution in [0, 0.1) is 25.7 Å². The third kappa shape index (κ3) is 6.03. The van der Waals surface area contributed by atoms with Crippen LogP contribution in [-0.2, 0) is 26.1 Å². The van der Waals surface area contributed by atoms with Gasteiger partial charge < -0.3 is 14.6 Å². The van der Waals surface area contributed by atoms with Gasteiger partial charge in [-0.15, -0.1) is 0 Å². The molecule has 0 aliphatic heterocycles. The molecule has 3 N–H and O–H groups in total. The van der Waals surface area contributed by atoms with Crippen LogP contribution < -0.4 is 10.5 Å². The Morgan fingerprint density at radius 1 is 1.15 bits per heavy atom. The molecule has 1 fully saturated rings. The minimum atomic E-state index is -3.75. The minimum Gasteiger partial charge on any atom is -0.452 e. The number of rotatable bonds is 7. The lowest BCUT2D eigenvalue weighted by Crippen LogP contribution is -2.45. The van der Waals surface area contributed by atoms with Crippen LogP contribution in [0.25, 0.3) is 0 Å². The predicted octanol–water partition coefficient (Wildman–Crippen LogP) is 2.90. The molecule has 180 valence electrons. The highest BCUT2D eigenvalue weighted by Gasteiger charge is 2.28. The number of primary sulfonamides is 1. The van der Waals surface area contributed by atoms with Crippen molar-refractivity contribution in [3.63, 3.8) is 0 Å². The summed E-state index contributed by atoms with van der Waals surface area (Å²) in [7, 11) is -3.75. The van der Waals surface area contributed by atoms with Gasteiger partial charge in [-0.1, -0.05) is 38.8 Å². The number of hydrogen-bond acceptors (Lipinski definition) is 5. The van der Waals surface area contributed by atoms with Gasteiger partial charge in [0.15, 0.2) is 6.61 Å². The van der Waals surface area contributed by atoms with Crippen molar-refractivity contribution in [2.75, 3.05) is 6.61 Å². The van der Waals surface area contributed by atoms with E-state index in [0.29, 0.717) is 29.6 Å². The molecule has 1 saturated carbocycles. The number of hydrogen-bond donors (Lipinski definition) is 2. The topological polar surface area (TPSA) is 120 Å². The molecule has 2 aromatic rings. The second kappa shape index (κ2) is 10.1. The zero-order valence-corrected chi connectivity index (χ0v) is 20.4. The molecule has 1 aliphatic carbocycles. The second-order valence-electron chi connectivity index (χ2n) is 9.08. The van der Waals surface area contributed by atoms with Gasteiger partial charge in [-0.05, 0) is 55.9 Å². The van der Waals surface area contributed by atoms with Crippen LogP contribution in [-0.4, -0.2) is 37.5 Å². The molecular formula is C24H33N3O5S. The van der Waals surface area contributed by atoms with E-state index in [1.165, 1.54) is 18.6 Å².